The van der Waals surface area contributed by atoms with Gasteiger partial charge in [0.1, 0.15) is 10.5 Å². The molecule has 2 heterocycles. The molecule has 3 aliphatic rings. The number of carbonyl (C=O) groups excluding carboxylic acids is 1. The molecule has 3 aromatic rings. The summed E-state index contributed by atoms with van der Waals surface area (Å²) in [6.45, 7) is 2.91. The Morgan fingerprint density at radius 2 is 1.79 bits per heavy atom. The molecule has 216 valence electrons. The molecule has 0 bridgehead atoms. The van der Waals surface area contributed by atoms with Crippen LogP contribution in [0.2, 0.25) is 0 Å². The van der Waals surface area contributed by atoms with E-state index in [1.807, 2.05) is 49.4 Å². The first kappa shape index (κ1) is 28.4. The number of benzene rings is 2. The van der Waals surface area contributed by atoms with Gasteiger partial charge in [0.15, 0.2) is 9.84 Å². The fourth-order valence-corrected chi connectivity index (χ4v) is 8.51. The van der Waals surface area contributed by atoms with E-state index in [1.165, 1.54) is 0 Å². The van der Waals surface area contributed by atoms with Gasteiger partial charge in [-0.2, -0.15) is 10.5 Å². The van der Waals surface area contributed by atoms with Crippen molar-refractivity contribution in [1.29, 1.82) is 10.5 Å². The zero-order valence-corrected chi connectivity index (χ0v) is 25.2. The Hall–Kier alpha value is -3.73. The number of nitriles is 2. The topological polar surface area (TPSA) is 127 Å². The van der Waals surface area contributed by atoms with Crippen LogP contribution in [0.4, 0.5) is 5.69 Å². The molecular weight excluding hydrogens is 567 g/mol. The summed E-state index contributed by atoms with van der Waals surface area (Å²) in [6, 6.07) is 18.6. The molecule has 1 aliphatic heterocycles. The lowest BCUT2D eigenvalue weighted by Gasteiger charge is -2.31. The van der Waals surface area contributed by atoms with Gasteiger partial charge in [-0.1, -0.05) is 37.1 Å². The molecule has 2 aliphatic carbocycles. The third-order valence-corrected chi connectivity index (χ3v) is 11.6. The number of anilines is 1. The predicted octanol–water partition coefficient (Wildman–Crippen LogP) is 5.34. The molecule has 0 spiro atoms. The molecule has 8 nitrogen and oxygen atoms in total. The summed E-state index contributed by atoms with van der Waals surface area (Å²) < 4.78 is 23.8. The van der Waals surface area contributed by atoms with Crippen LogP contribution in [0.15, 0.2) is 42.5 Å². The van der Waals surface area contributed by atoms with Crippen molar-refractivity contribution in [2.75, 3.05) is 29.5 Å². The standard InChI is InChI=1S/C32H33N5O3S2/c1-21-6-11-25(23(18-21)19-33)31-35-28(26-4-2-3-5-27(26)30(38)36-32(20-34)12-13-32)29(41-31)22-7-9-24(10-8-22)37-14-16-42(39,40)17-15-37/h6-11,18,26-27H,2-5,12-17H2,1H3,(H,36,38)/t26-,27-/m1/s1. The molecule has 6 rings (SSSR count). The fraction of sp³-hybridized carbons (Fsp3) is 0.438. The normalized spacial score (nSPS) is 22.5. The summed E-state index contributed by atoms with van der Waals surface area (Å²) in [5, 5.41) is 23.3. The van der Waals surface area contributed by atoms with Crippen LogP contribution < -0.4 is 10.2 Å². The third-order valence-electron chi connectivity index (χ3n) is 8.80. The van der Waals surface area contributed by atoms with Crippen LogP contribution in [0, 0.1) is 35.5 Å². The summed E-state index contributed by atoms with van der Waals surface area (Å²) in [7, 11) is -2.97. The van der Waals surface area contributed by atoms with E-state index in [0.717, 1.165) is 63.6 Å². The minimum Gasteiger partial charge on any atom is -0.369 e. The minimum atomic E-state index is -2.97. The predicted molar refractivity (Wildman–Crippen MR) is 164 cm³/mol. The van der Waals surface area contributed by atoms with Gasteiger partial charge in [0.25, 0.3) is 0 Å². The van der Waals surface area contributed by atoms with Crippen molar-refractivity contribution in [1.82, 2.24) is 10.3 Å². The Balaban J connectivity index is 1.38. The molecule has 2 atom stereocenters. The van der Waals surface area contributed by atoms with Crippen molar-refractivity contribution in [3.63, 3.8) is 0 Å². The number of amides is 1. The van der Waals surface area contributed by atoms with Crippen LogP contribution in [0.3, 0.4) is 0 Å². The minimum absolute atomic E-state index is 0.0669. The molecule has 2 saturated carbocycles. The molecule has 10 heteroatoms. The monoisotopic (exact) mass is 599 g/mol. The van der Waals surface area contributed by atoms with Gasteiger partial charge in [-0.15, -0.1) is 11.3 Å². The smallest absolute Gasteiger partial charge is 0.225 e. The van der Waals surface area contributed by atoms with E-state index in [4.69, 9.17) is 4.98 Å². The molecule has 3 fully saturated rings. The van der Waals surface area contributed by atoms with Gasteiger partial charge in [0.2, 0.25) is 5.91 Å². The highest BCUT2D eigenvalue weighted by molar-refractivity contribution is 7.91. The number of aryl methyl sites for hydroxylation is 1. The first-order valence-corrected chi connectivity index (χ1v) is 17.2. The largest absolute Gasteiger partial charge is 0.369 e. The van der Waals surface area contributed by atoms with Gasteiger partial charge in [-0.3, -0.25) is 4.79 Å². The van der Waals surface area contributed by atoms with E-state index in [1.54, 1.807) is 11.3 Å². The maximum atomic E-state index is 13.5. The quantitative estimate of drug-likeness (QED) is 0.405. The number of hydrogen-bond donors (Lipinski definition) is 1. The second-order valence-corrected chi connectivity index (χ2v) is 15.1. The van der Waals surface area contributed by atoms with Gasteiger partial charge < -0.3 is 10.2 Å². The highest BCUT2D eigenvalue weighted by Crippen LogP contribution is 2.47. The molecule has 1 saturated heterocycles. The molecule has 0 radical (unpaired) electrons. The highest BCUT2D eigenvalue weighted by atomic mass is 32.2. The average Bonchev–Trinajstić information content (AvgIpc) is 3.64. The van der Waals surface area contributed by atoms with Gasteiger partial charge in [0, 0.05) is 36.2 Å². The Kier molecular flexibility index (Phi) is 7.55. The lowest BCUT2D eigenvalue weighted by Crippen LogP contribution is -2.42. The molecule has 1 N–H and O–H groups in total. The summed E-state index contributed by atoms with van der Waals surface area (Å²) >= 11 is 1.54. The van der Waals surface area contributed by atoms with Gasteiger partial charge in [-0.25, -0.2) is 13.4 Å². The summed E-state index contributed by atoms with van der Waals surface area (Å²) in [6.07, 6.45) is 4.91. The lowest BCUT2D eigenvalue weighted by molar-refractivity contribution is -0.127. The van der Waals surface area contributed by atoms with Gasteiger partial charge in [0.05, 0.1) is 39.8 Å². The fourth-order valence-electron chi connectivity index (χ4n) is 6.13. The van der Waals surface area contributed by atoms with Crippen LogP contribution in [0.5, 0.6) is 0 Å². The van der Waals surface area contributed by atoms with E-state index in [0.29, 0.717) is 31.5 Å². The first-order chi connectivity index (χ1) is 20.2. The highest BCUT2D eigenvalue weighted by Gasteiger charge is 2.47. The number of rotatable bonds is 6. The zero-order chi connectivity index (χ0) is 29.5. The van der Waals surface area contributed by atoms with Crippen molar-refractivity contribution in [2.24, 2.45) is 5.92 Å². The second kappa shape index (κ2) is 11.2. The van der Waals surface area contributed by atoms with Gasteiger partial charge in [-0.05, 0) is 61.9 Å². The summed E-state index contributed by atoms with van der Waals surface area (Å²) in [4.78, 5) is 21.8. The molecule has 1 aromatic heterocycles. The van der Waals surface area contributed by atoms with Crippen LogP contribution in [-0.2, 0) is 14.6 Å². The third kappa shape index (κ3) is 5.66. The van der Waals surface area contributed by atoms with Crippen molar-refractivity contribution in [2.45, 2.75) is 56.9 Å². The number of sulfone groups is 1. The van der Waals surface area contributed by atoms with Crippen molar-refractivity contribution in [3.05, 3.63) is 59.3 Å². The Morgan fingerprint density at radius 3 is 2.45 bits per heavy atom. The van der Waals surface area contributed by atoms with E-state index < -0.39 is 15.4 Å². The van der Waals surface area contributed by atoms with E-state index in [9.17, 15) is 23.7 Å². The van der Waals surface area contributed by atoms with E-state index in [2.05, 4.69) is 22.4 Å². The van der Waals surface area contributed by atoms with Crippen LogP contribution in [0.1, 0.15) is 61.3 Å². The van der Waals surface area contributed by atoms with E-state index >= 15 is 0 Å². The number of nitrogens with one attached hydrogen (secondary N) is 1. The molecule has 0 unspecified atom stereocenters. The maximum absolute atomic E-state index is 13.5. The zero-order valence-electron chi connectivity index (χ0n) is 23.6. The van der Waals surface area contributed by atoms with E-state index in [-0.39, 0.29) is 29.2 Å². The molecule has 42 heavy (non-hydrogen) atoms. The maximum Gasteiger partial charge on any atom is 0.225 e. The Labute approximate surface area is 250 Å². The molecular formula is C32H33N5O3S2. The van der Waals surface area contributed by atoms with Crippen LogP contribution in [-0.4, -0.2) is 49.4 Å². The summed E-state index contributed by atoms with van der Waals surface area (Å²) in [5.41, 5.74) is 4.47. The number of hydrogen-bond acceptors (Lipinski definition) is 8. The Morgan fingerprint density at radius 1 is 1.07 bits per heavy atom. The number of thiazole rings is 1. The summed E-state index contributed by atoms with van der Waals surface area (Å²) in [5.74, 6) is -0.125. The number of carbonyl (C=O) groups is 1. The van der Waals surface area contributed by atoms with Crippen LogP contribution in [0.25, 0.3) is 21.0 Å². The number of nitrogens with zero attached hydrogens (tertiary/aromatic N) is 4. The van der Waals surface area contributed by atoms with Gasteiger partial charge >= 0.3 is 0 Å². The SMILES string of the molecule is Cc1ccc(-c2nc([C@@H]3CCCC[C@H]3C(=O)NC3(C#N)CC3)c(-c3ccc(N4CCS(=O)(=O)CC4)cc3)s2)c(C#N)c1. The lowest BCUT2D eigenvalue weighted by atomic mass is 9.76. The van der Waals surface area contributed by atoms with Crippen molar-refractivity contribution in [3.8, 4) is 33.2 Å². The first-order valence-electron chi connectivity index (χ1n) is 14.5. The van der Waals surface area contributed by atoms with Crippen molar-refractivity contribution < 1.29 is 13.2 Å². The average molecular weight is 600 g/mol. The van der Waals surface area contributed by atoms with Crippen LogP contribution >= 0.6 is 11.3 Å². The Bertz CT molecular complexity index is 1700. The second-order valence-electron chi connectivity index (χ2n) is 11.8. The number of aromatic nitrogens is 1. The van der Waals surface area contributed by atoms with Crippen molar-refractivity contribution >= 4 is 32.8 Å². The molecule has 2 aromatic carbocycles. The molecule has 1 amide bonds.